The van der Waals surface area contributed by atoms with Gasteiger partial charge < -0.3 is 15.4 Å². The van der Waals surface area contributed by atoms with E-state index in [0.29, 0.717) is 12.5 Å². The maximum Gasteiger partial charge on any atom is 0.294 e. The van der Waals surface area contributed by atoms with Crippen LogP contribution in [0.3, 0.4) is 0 Å². The molecule has 0 aromatic heterocycles. The third kappa shape index (κ3) is 4.36. The minimum atomic E-state index is -0.981. The molecule has 0 heterocycles. The average molecular weight is 373 g/mol. The zero-order chi connectivity index (χ0) is 19.8. The molecule has 2 aliphatic carbocycles. The summed E-state index contributed by atoms with van der Waals surface area (Å²) < 4.78 is 0. The Bertz CT molecular complexity index is 561. The lowest BCUT2D eigenvalue weighted by Gasteiger charge is -2.61. The highest BCUT2D eigenvalue weighted by Gasteiger charge is 2.57. The summed E-state index contributed by atoms with van der Waals surface area (Å²) in [4.78, 5) is 30.8. The molecule has 0 aromatic rings. The topological polar surface area (TPSA) is 131 Å². The van der Waals surface area contributed by atoms with Gasteiger partial charge in [0.05, 0.1) is 0 Å². The fourth-order valence-electron chi connectivity index (χ4n) is 6.37. The van der Waals surface area contributed by atoms with Crippen LogP contribution in [-0.4, -0.2) is 29.4 Å². The molecule has 6 atom stereocenters. The zero-order valence-corrected chi connectivity index (χ0v) is 16.1. The molecule has 2 fully saturated rings. The van der Waals surface area contributed by atoms with E-state index in [2.05, 4.69) is 25.6 Å². The molecule has 9 nitrogen and oxygen atoms in total. The van der Waals surface area contributed by atoms with Crippen LogP contribution >= 0.6 is 0 Å². The highest BCUT2D eigenvalue weighted by molar-refractivity contribution is 5.07. The fraction of sp³-hybridized carbons (Fsp3) is 1.00. The maximum atomic E-state index is 11.0. The minimum absolute atomic E-state index is 0.0511. The van der Waals surface area contributed by atoms with Crippen molar-refractivity contribution in [1.29, 1.82) is 0 Å². The zero-order valence-electron chi connectivity index (χ0n) is 16.1. The molecule has 0 aliphatic heterocycles. The first-order chi connectivity index (χ1) is 11.9. The van der Waals surface area contributed by atoms with Crippen molar-refractivity contribution in [3.8, 4) is 0 Å². The molecule has 0 aromatic carbocycles. The second-order valence-electron chi connectivity index (χ2n) is 9.41. The van der Waals surface area contributed by atoms with E-state index >= 15 is 0 Å². The second-order valence-corrected chi connectivity index (χ2v) is 9.41. The standard InChI is InChI=1S/C17H31N3O6/c1-12-5-15(3)8-16(4,11-18)10-17(6-12,9-15)13(2)14(26-20(23)24)7-25-19(21)22/h12-14H,5-11,18H2,1-4H3. The molecular weight excluding hydrogens is 342 g/mol. The van der Waals surface area contributed by atoms with E-state index in [9.17, 15) is 20.2 Å². The third-order valence-corrected chi connectivity index (χ3v) is 6.59. The van der Waals surface area contributed by atoms with Gasteiger partial charge in [0.1, 0.15) is 12.7 Å². The first kappa shape index (κ1) is 20.7. The number of nitrogens with zero attached hydrogens (tertiary/aromatic N) is 2. The summed E-state index contributed by atoms with van der Waals surface area (Å²) in [6.07, 6.45) is 3.83. The van der Waals surface area contributed by atoms with Crippen molar-refractivity contribution in [2.24, 2.45) is 33.8 Å². The van der Waals surface area contributed by atoms with E-state index in [4.69, 9.17) is 10.6 Å². The monoisotopic (exact) mass is 373 g/mol. The lowest BCUT2D eigenvalue weighted by molar-refractivity contribution is -0.792. The van der Waals surface area contributed by atoms with Crippen LogP contribution in [0.25, 0.3) is 0 Å². The molecule has 0 radical (unpaired) electrons. The van der Waals surface area contributed by atoms with Crippen LogP contribution in [-0.2, 0) is 9.68 Å². The van der Waals surface area contributed by atoms with E-state index in [1.165, 1.54) is 0 Å². The van der Waals surface area contributed by atoms with Crippen molar-refractivity contribution in [3.05, 3.63) is 20.2 Å². The minimum Gasteiger partial charge on any atom is -0.330 e. The summed E-state index contributed by atoms with van der Waals surface area (Å²) in [5.41, 5.74) is 5.95. The summed E-state index contributed by atoms with van der Waals surface area (Å²) in [6.45, 7) is 8.67. The molecule has 0 saturated heterocycles. The Balaban J connectivity index is 2.34. The number of hydrogen-bond acceptors (Lipinski definition) is 7. The number of fused-ring (bicyclic) bond motifs is 2. The molecule has 2 N–H and O–H groups in total. The van der Waals surface area contributed by atoms with E-state index < -0.39 is 22.9 Å². The highest BCUT2D eigenvalue weighted by Crippen LogP contribution is 2.65. The van der Waals surface area contributed by atoms with Crippen molar-refractivity contribution >= 4 is 0 Å². The number of rotatable bonds is 8. The van der Waals surface area contributed by atoms with E-state index in [-0.39, 0.29) is 22.2 Å². The molecule has 9 heteroatoms. The smallest absolute Gasteiger partial charge is 0.294 e. The van der Waals surface area contributed by atoms with Gasteiger partial charge in [-0.15, -0.1) is 20.2 Å². The van der Waals surface area contributed by atoms with Crippen LogP contribution in [0.5, 0.6) is 0 Å². The first-order valence-electron chi connectivity index (χ1n) is 9.21. The number of nitrogens with two attached hydrogens (primary N) is 1. The first-order valence-corrected chi connectivity index (χ1v) is 9.21. The molecule has 6 unspecified atom stereocenters. The lowest BCUT2D eigenvalue weighted by Crippen LogP contribution is -2.55. The van der Waals surface area contributed by atoms with Crippen LogP contribution in [0.4, 0.5) is 0 Å². The van der Waals surface area contributed by atoms with Crippen molar-refractivity contribution in [1.82, 2.24) is 0 Å². The van der Waals surface area contributed by atoms with Crippen molar-refractivity contribution in [3.63, 3.8) is 0 Å². The van der Waals surface area contributed by atoms with Crippen LogP contribution in [0.2, 0.25) is 0 Å². The third-order valence-electron chi connectivity index (χ3n) is 6.59. The Hall–Kier alpha value is -1.64. The van der Waals surface area contributed by atoms with E-state index in [1.807, 2.05) is 6.92 Å². The second kappa shape index (κ2) is 7.17. The van der Waals surface area contributed by atoms with Gasteiger partial charge in [-0.1, -0.05) is 27.7 Å². The van der Waals surface area contributed by atoms with Gasteiger partial charge in [0.2, 0.25) is 0 Å². The predicted octanol–water partition coefficient (Wildman–Crippen LogP) is 2.98. The fourth-order valence-corrected chi connectivity index (χ4v) is 6.37. The Morgan fingerprint density at radius 1 is 1.15 bits per heavy atom. The average Bonchev–Trinajstić information content (AvgIpc) is 2.47. The Morgan fingerprint density at radius 3 is 2.35 bits per heavy atom. The van der Waals surface area contributed by atoms with Gasteiger partial charge >= 0.3 is 0 Å². The molecule has 2 saturated carbocycles. The molecule has 150 valence electrons. The molecule has 2 bridgehead atoms. The largest absolute Gasteiger partial charge is 0.330 e. The van der Waals surface area contributed by atoms with Crippen LogP contribution in [0.15, 0.2) is 0 Å². The van der Waals surface area contributed by atoms with E-state index in [1.54, 1.807) is 0 Å². The molecule has 0 amide bonds. The number of hydrogen-bond donors (Lipinski definition) is 1. The van der Waals surface area contributed by atoms with Gasteiger partial charge in [-0.25, -0.2) is 0 Å². The lowest BCUT2D eigenvalue weighted by atomic mass is 9.44. The molecule has 2 rings (SSSR count). The predicted molar refractivity (Wildman–Crippen MR) is 93.9 cm³/mol. The summed E-state index contributed by atoms with van der Waals surface area (Å²) in [5, 5.41) is 19.7. The SMILES string of the molecule is CC1CC2(C)CC(C)(CN)CC(C(C)C(CO[N+](=O)[O-])O[N+](=O)[O-])(C1)C2. The van der Waals surface area contributed by atoms with Gasteiger partial charge in [-0.05, 0) is 66.7 Å². The normalized spacial score (nSPS) is 38.9. The highest BCUT2D eigenvalue weighted by atomic mass is 17.0. The molecule has 2 aliphatic rings. The van der Waals surface area contributed by atoms with Crippen LogP contribution in [0.1, 0.15) is 59.8 Å². The maximum absolute atomic E-state index is 11.0. The van der Waals surface area contributed by atoms with Crippen molar-refractivity contribution < 1.29 is 19.8 Å². The van der Waals surface area contributed by atoms with Crippen molar-refractivity contribution in [2.45, 2.75) is 65.9 Å². The summed E-state index contributed by atoms with van der Waals surface area (Å²) in [5.74, 6) is 0.215. The van der Waals surface area contributed by atoms with Crippen LogP contribution in [0, 0.1) is 48.3 Å². The van der Waals surface area contributed by atoms with E-state index in [0.717, 1.165) is 32.1 Å². The summed E-state index contributed by atoms with van der Waals surface area (Å²) in [6, 6.07) is 0. The Kier molecular flexibility index (Phi) is 5.70. The summed E-state index contributed by atoms with van der Waals surface area (Å²) in [7, 11) is 0. The van der Waals surface area contributed by atoms with Gasteiger partial charge in [-0.2, -0.15) is 0 Å². The Labute approximate surface area is 153 Å². The Morgan fingerprint density at radius 2 is 1.81 bits per heavy atom. The van der Waals surface area contributed by atoms with Crippen molar-refractivity contribution in [2.75, 3.05) is 13.2 Å². The quantitative estimate of drug-likeness (QED) is 0.511. The van der Waals surface area contributed by atoms with Crippen LogP contribution < -0.4 is 5.73 Å². The van der Waals surface area contributed by atoms with Gasteiger partial charge in [-0.3, -0.25) is 0 Å². The van der Waals surface area contributed by atoms with Gasteiger partial charge in [0, 0.05) is 0 Å². The molecule has 26 heavy (non-hydrogen) atoms. The van der Waals surface area contributed by atoms with Gasteiger partial charge in [0.15, 0.2) is 0 Å². The van der Waals surface area contributed by atoms with Gasteiger partial charge in [0.25, 0.3) is 10.2 Å². The molecular formula is C17H31N3O6. The molecule has 0 spiro atoms. The summed E-state index contributed by atoms with van der Waals surface area (Å²) >= 11 is 0.